The van der Waals surface area contributed by atoms with Crippen LogP contribution < -0.4 is 10.6 Å². The predicted octanol–water partition coefficient (Wildman–Crippen LogP) is 1.52. The minimum atomic E-state index is -1.01. The Morgan fingerprint density at radius 1 is 1.29 bits per heavy atom. The highest BCUT2D eigenvalue weighted by Crippen LogP contribution is 2.20. The lowest BCUT2D eigenvalue weighted by Crippen LogP contribution is -2.52. The van der Waals surface area contributed by atoms with Gasteiger partial charge < -0.3 is 20.6 Å². The molecule has 21 heavy (non-hydrogen) atoms. The second kappa shape index (κ2) is 7.64. The van der Waals surface area contributed by atoms with E-state index in [1.807, 2.05) is 0 Å². The zero-order valence-electron chi connectivity index (χ0n) is 13.6. The van der Waals surface area contributed by atoms with Crippen LogP contribution in [-0.2, 0) is 4.79 Å². The van der Waals surface area contributed by atoms with Gasteiger partial charge in [0, 0.05) is 6.54 Å². The summed E-state index contributed by atoms with van der Waals surface area (Å²) < 4.78 is 0. The molecule has 1 atom stereocenters. The molecule has 0 bridgehead atoms. The van der Waals surface area contributed by atoms with E-state index >= 15 is 0 Å². The molecule has 0 unspecified atom stereocenters. The van der Waals surface area contributed by atoms with Crippen LogP contribution in [0, 0.1) is 11.3 Å². The topological polar surface area (TPSA) is 81.7 Å². The van der Waals surface area contributed by atoms with E-state index in [1.165, 1.54) is 12.8 Å². The third-order valence-corrected chi connectivity index (χ3v) is 4.06. The number of urea groups is 1. The number of likely N-dealkylation sites (tertiary alicyclic amines) is 1. The number of carboxylic acid groups (broad SMARTS) is 1. The molecular weight excluding hydrogens is 270 g/mol. The van der Waals surface area contributed by atoms with E-state index in [0.717, 1.165) is 19.5 Å². The molecule has 1 rings (SSSR count). The summed E-state index contributed by atoms with van der Waals surface area (Å²) in [6.07, 6.45) is 3.29. The van der Waals surface area contributed by atoms with Crippen LogP contribution in [0.25, 0.3) is 0 Å². The molecule has 0 radical (unpaired) electrons. The molecule has 0 aromatic heterocycles. The molecule has 6 nitrogen and oxygen atoms in total. The number of piperidine rings is 1. The number of hydrogen-bond donors (Lipinski definition) is 3. The number of nitrogens with one attached hydrogen (secondary N) is 2. The average Bonchev–Trinajstić information content (AvgIpc) is 2.36. The minimum absolute atomic E-state index is 0.398. The number of carbonyl (C=O) groups is 2. The number of aliphatic carboxylic acids is 1. The van der Waals surface area contributed by atoms with Gasteiger partial charge in [-0.05, 0) is 50.7 Å². The van der Waals surface area contributed by atoms with Crippen molar-refractivity contribution < 1.29 is 14.7 Å². The molecule has 6 heteroatoms. The van der Waals surface area contributed by atoms with Crippen LogP contribution in [0.3, 0.4) is 0 Å². The van der Waals surface area contributed by atoms with Gasteiger partial charge in [0.05, 0.1) is 0 Å². The highest BCUT2D eigenvalue weighted by Gasteiger charge is 2.32. The summed E-state index contributed by atoms with van der Waals surface area (Å²) in [7, 11) is 2.13. The molecule has 1 heterocycles. The second-order valence-electron chi connectivity index (χ2n) is 7.07. The summed E-state index contributed by atoms with van der Waals surface area (Å²) in [6.45, 7) is 8.21. The van der Waals surface area contributed by atoms with E-state index in [0.29, 0.717) is 12.5 Å². The van der Waals surface area contributed by atoms with Crippen molar-refractivity contribution in [1.29, 1.82) is 0 Å². The van der Waals surface area contributed by atoms with Gasteiger partial charge >= 0.3 is 12.0 Å². The van der Waals surface area contributed by atoms with Crippen molar-refractivity contribution in [1.82, 2.24) is 15.5 Å². The maximum absolute atomic E-state index is 11.8. The lowest BCUT2D eigenvalue weighted by atomic mass is 9.87. The lowest BCUT2D eigenvalue weighted by molar-refractivity contribution is -0.141. The molecule has 1 aliphatic heterocycles. The van der Waals surface area contributed by atoms with Crippen molar-refractivity contribution in [3.05, 3.63) is 0 Å². The van der Waals surface area contributed by atoms with Gasteiger partial charge in [0.15, 0.2) is 0 Å². The zero-order chi connectivity index (χ0) is 16.0. The van der Waals surface area contributed by atoms with Gasteiger partial charge in [-0.15, -0.1) is 0 Å². The molecular formula is C15H29N3O3. The average molecular weight is 299 g/mol. The SMILES string of the molecule is CN1CCC(CCNC(=O)N[C@@H](C(=O)O)C(C)(C)C)CC1. The molecule has 0 aromatic carbocycles. The Balaban J connectivity index is 2.28. The number of nitrogens with zero attached hydrogens (tertiary/aromatic N) is 1. The van der Waals surface area contributed by atoms with Crippen molar-refractivity contribution in [2.75, 3.05) is 26.7 Å². The first-order valence-electron chi connectivity index (χ1n) is 7.66. The largest absolute Gasteiger partial charge is 0.480 e. The Morgan fingerprint density at radius 3 is 2.33 bits per heavy atom. The van der Waals surface area contributed by atoms with E-state index in [-0.39, 0.29) is 0 Å². The van der Waals surface area contributed by atoms with E-state index in [9.17, 15) is 9.59 Å². The zero-order valence-corrected chi connectivity index (χ0v) is 13.6. The third-order valence-electron chi connectivity index (χ3n) is 4.06. The first-order valence-corrected chi connectivity index (χ1v) is 7.66. The number of rotatable bonds is 5. The lowest BCUT2D eigenvalue weighted by Gasteiger charge is -2.29. The fraction of sp³-hybridized carbons (Fsp3) is 0.867. The Bertz CT molecular complexity index is 358. The fourth-order valence-corrected chi connectivity index (χ4v) is 2.57. The predicted molar refractivity (Wildman–Crippen MR) is 82.3 cm³/mol. The summed E-state index contributed by atoms with van der Waals surface area (Å²) in [5.41, 5.74) is -0.517. The van der Waals surface area contributed by atoms with Crippen LogP contribution in [0.15, 0.2) is 0 Å². The van der Waals surface area contributed by atoms with Crippen molar-refractivity contribution in [2.24, 2.45) is 11.3 Å². The summed E-state index contributed by atoms with van der Waals surface area (Å²) in [5.74, 6) is -0.354. The Labute approximate surface area is 127 Å². The van der Waals surface area contributed by atoms with Crippen LogP contribution >= 0.6 is 0 Å². The first-order chi connectivity index (χ1) is 9.70. The summed E-state index contributed by atoms with van der Waals surface area (Å²) >= 11 is 0. The normalized spacial score (nSPS) is 19.0. The Kier molecular flexibility index (Phi) is 6.45. The quantitative estimate of drug-likeness (QED) is 0.719. The maximum Gasteiger partial charge on any atom is 0.326 e. The molecule has 3 N–H and O–H groups in total. The Morgan fingerprint density at radius 2 is 1.86 bits per heavy atom. The standard InChI is InChI=1S/C15H29N3O3/c1-15(2,3)12(13(19)20)17-14(21)16-8-5-11-6-9-18(4)10-7-11/h11-12H,5-10H2,1-4H3,(H,19,20)(H2,16,17,21)/t12-/m0/s1. The molecule has 1 aliphatic rings. The molecule has 1 fully saturated rings. The van der Waals surface area contributed by atoms with Gasteiger partial charge in [-0.3, -0.25) is 0 Å². The van der Waals surface area contributed by atoms with Gasteiger partial charge in [-0.25, -0.2) is 9.59 Å². The first kappa shape index (κ1) is 17.8. The van der Waals surface area contributed by atoms with Gasteiger partial charge in [-0.2, -0.15) is 0 Å². The molecule has 122 valence electrons. The maximum atomic E-state index is 11.8. The van der Waals surface area contributed by atoms with Gasteiger partial charge in [-0.1, -0.05) is 20.8 Å². The number of carboxylic acids is 1. The smallest absolute Gasteiger partial charge is 0.326 e. The molecule has 2 amide bonds. The van der Waals surface area contributed by atoms with Crippen LogP contribution in [0.5, 0.6) is 0 Å². The van der Waals surface area contributed by atoms with Gasteiger partial charge in [0.1, 0.15) is 6.04 Å². The highest BCUT2D eigenvalue weighted by atomic mass is 16.4. The van der Waals surface area contributed by atoms with E-state index in [1.54, 1.807) is 20.8 Å². The summed E-state index contributed by atoms with van der Waals surface area (Å²) in [5, 5.41) is 14.5. The van der Waals surface area contributed by atoms with E-state index in [4.69, 9.17) is 5.11 Å². The molecule has 0 saturated carbocycles. The van der Waals surface area contributed by atoms with Gasteiger partial charge in [0.2, 0.25) is 0 Å². The van der Waals surface area contributed by atoms with Crippen molar-refractivity contribution in [2.45, 2.75) is 46.1 Å². The molecule has 1 saturated heterocycles. The number of amides is 2. The van der Waals surface area contributed by atoms with Crippen LogP contribution in [0.4, 0.5) is 4.79 Å². The van der Waals surface area contributed by atoms with Crippen LogP contribution in [0.1, 0.15) is 40.0 Å². The molecule has 0 aromatic rings. The van der Waals surface area contributed by atoms with Crippen molar-refractivity contribution in [3.63, 3.8) is 0 Å². The third kappa shape index (κ3) is 6.33. The Hall–Kier alpha value is -1.30. The molecule has 0 spiro atoms. The monoisotopic (exact) mass is 299 g/mol. The molecule has 0 aliphatic carbocycles. The van der Waals surface area contributed by atoms with Gasteiger partial charge in [0.25, 0.3) is 0 Å². The van der Waals surface area contributed by atoms with Crippen molar-refractivity contribution in [3.8, 4) is 0 Å². The van der Waals surface area contributed by atoms with Crippen LogP contribution in [0.2, 0.25) is 0 Å². The number of hydrogen-bond acceptors (Lipinski definition) is 3. The summed E-state index contributed by atoms with van der Waals surface area (Å²) in [6, 6.07) is -1.29. The number of carbonyl (C=O) groups excluding carboxylic acids is 1. The van der Waals surface area contributed by atoms with E-state index < -0.39 is 23.5 Å². The second-order valence-corrected chi connectivity index (χ2v) is 7.07. The fourth-order valence-electron chi connectivity index (χ4n) is 2.57. The van der Waals surface area contributed by atoms with Crippen molar-refractivity contribution >= 4 is 12.0 Å². The summed E-state index contributed by atoms with van der Waals surface area (Å²) in [4.78, 5) is 25.3. The highest BCUT2D eigenvalue weighted by molar-refractivity contribution is 5.83. The van der Waals surface area contributed by atoms with Crippen LogP contribution in [-0.4, -0.2) is 54.7 Å². The minimum Gasteiger partial charge on any atom is -0.480 e. The van der Waals surface area contributed by atoms with E-state index in [2.05, 4.69) is 22.6 Å².